The number of ether oxygens (including phenoxy) is 5. The van der Waals surface area contributed by atoms with Crippen LogP contribution in [0, 0.1) is 0 Å². The lowest BCUT2D eigenvalue weighted by molar-refractivity contribution is -0.145. The van der Waals surface area contributed by atoms with E-state index in [1.165, 1.54) is 32.2 Å². The van der Waals surface area contributed by atoms with Crippen molar-refractivity contribution in [1.82, 2.24) is 30.9 Å². The van der Waals surface area contributed by atoms with E-state index in [-0.39, 0.29) is 49.8 Å². The molecule has 5 atom stereocenters. The zero-order chi connectivity index (χ0) is 44.9. The number of amides is 5. The lowest BCUT2D eigenvalue weighted by Crippen LogP contribution is -2.55. The Morgan fingerprint density at radius 1 is 0.883 bits per heavy atom. The number of aliphatic hydroxyl groups excluding tert-OH is 1. The lowest BCUT2D eigenvalue weighted by atomic mass is 9.93. The monoisotopic (exact) mass is 863 g/mol. The number of methoxy groups -OCH3 is 1. The van der Waals surface area contributed by atoms with Crippen molar-refractivity contribution in [3.8, 4) is 22.6 Å². The van der Waals surface area contributed by atoms with E-state index in [1.807, 2.05) is 4.72 Å². The Balaban J connectivity index is 2.24. The van der Waals surface area contributed by atoms with E-state index in [4.69, 9.17) is 23.7 Å². The number of aliphatic hydroxyl groups is 1. The number of nitrogens with zero attached hydrogens (tertiary/aromatic N) is 1. The first-order valence-corrected chi connectivity index (χ1v) is 20.0. The maximum Gasteiger partial charge on any atom is 0.407 e. The maximum absolute atomic E-state index is 14.2. The van der Waals surface area contributed by atoms with Gasteiger partial charge in [0.2, 0.25) is 17.7 Å². The van der Waals surface area contributed by atoms with Crippen molar-refractivity contribution in [2.75, 3.05) is 47.1 Å². The highest BCUT2D eigenvalue weighted by Crippen LogP contribution is 2.40. The fraction of sp³-hybridized carbons (Fsp3) is 0.538. The number of alkyl carbamates (subject to hydrolysis) is 2. The molecule has 2 aromatic carbocycles. The summed E-state index contributed by atoms with van der Waals surface area (Å²) in [4.78, 5) is 79.8. The van der Waals surface area contributed by atoms with Crippen LogP contribution in [0.5, 0.6) is 11.5 Å². The van der Waals surface area contributed by atoms with Crippen molar-refractivity contribution in [1.29, 1.82) is 0 Å². The second kappa shape index (κ2) is 21.7. The number of likely N-dealkylation sites (N-methyl/N-ethyl adjacent to an activating group) is 1. The molecule has 0 fully saturated rings. The minimum absolute atomic E-state index is 0.00708. The van der Waals surface area contributed by atoms with Crippen molar-refractivity contribution in [2.24, 2.45) is 0 Å². The van der Waals surface area contributed by atoms with Gasteiger partial charge in [0.05, 0.1) is 26.8 Å². The molecule has 332 valence electrons. The Kier molecular flexibility index (Phi) is 17.6. The molecular weight excluding hydrogens is 809 g/mol. The van der Waals surface area contributed by atoms with Crippen LogP contribution in [-0.4, -0.2) is 131 Å². The highest BCUT2D eigenvalue weighted by atomic mass is 32.2. The molecule has 3 rings (SSSR count). The number of esters is 1. The van der Waals surface area contributed by atoms with Crippen LogP contribution >= 0.6 is 0 Å². The highest BCUT2D eigenvalue weighted by molar-refractivity contribution is 7.77. The van der Waals surface area contributed by atoms with Crippen LogP contribution < -0.4 is 35.5 Å². The number of hydrogen-bond acceptors (Lipinski definition) is 14. The number of carbonyl (C=O) groups excluding carboxylic acids is 6. The molecule has 2 aromatic rings. The topological polar surface area (TPSA) is 272 Å². The maximum atomic E-state index is 14.2. The van der Waals surface area contributed by atoms with Gasteiger partial charge in [0.25, 0.3) is 0 Å². The zero-order valence-electron chi connectivity index (χ0n) is 35.1. The molecule has 21 heteroatoms. The first-order chi connectivity index (χ1) is 28.0. The van der Waals surface area contributed by atoms with E-state index in [0.717, 1.165) is 12.0 Å². The van der Waals surface area contributed by atoms with Crippen molar-refractivity contribution >= 4 is 47.1 Å². The van der Waals surface area contributed by atoms with Crippen LogP contribution in [0.1, 0.15) is 65.6 Å². The van der Waals surface area contributed by atoms with Crippen LogP contribution in [0.25, 0.3) is 11.1 Å². The molecular formula is C39H55N6O14S-. The van der Waals surface area contributed by atoms with Gasteiger partial charge in [-0.3, -0.25) is 18.6 Å². The van der Waals surface area contributed by atoms with Crippen LogP contribution in [0.3, 0.4) is 0 Å². The molecule has 1 aliphatic heterocycles. The Labute approximate surface area is 351 Å². The van der Waals surface area contributed by atoms with E-state index >= 15 is 0 Å². The number of carbonyl (C=O) groups is 6. The quantitative estimate of drug-likeness (QED) is 0.0673. The Morgan fingerprint density at radius 3 is 1.92 bits per heavy atom. The van der Waals surface area contributed by atoms with Gasteiger partial charge in [0.1, 0.15) is 60.1 Å². The minimum atomic E-state index is -2.97. The molecule has 0 saturated heterocycles. The summed E-state index contributed by atoms with van der Waals surface area (Å²) < 4.78 is 52.8. The van der Waals surface area contributed by atoms with Gasteiger partial charge in [-0.1, -0.05) is 12.1 Å². The van der Waals surface area contributed by atoms with E-state index in [2.05, 4.69) is 21.3 Å². The normalized spacial score (nSPS) is 17.9. The molecule has 0 aromatic heterocycles. The molecule has 1 unspecified atom stereocenters. The van der Waals surface area contributed by atoms with Crippen molar-refractivity contribution in [2.45, 2.75) is 90.3 Å². The smallest absolute Gasteiger partial charge is 0.407 e. The number of hydrogen-bond donors (Lipinski definition) is 6. The third-order valence-electron chi connectivity index (χ3n) is 8.41. The summed E-state index contributed by atoms with van der Waals surface area (Å²) in [7, 11) is 2.37. The second-order valence-electron chi connectivity index (χ2n) is 15.6. The van der Waals surface area contributed by atoms with Crippen molar-refractivity contribution in [3.63, 3.8) is 0 Å². The van der Waals surface area contributed by atoms with Gasteiger partial charge < -0.3 is 59.5 Å². The van der Waals surface area contributed by atoms with Crippen LogP contribution in [-0.2, 0) is 51.1 Å². The van der Waals surface area contributed by atoms with Gasteiger partial charge in [-0.15, -0.1) is 0 Å². The van der Waals surface area contributed by atoms with E-state index in [1.54, 1.807) is 59.7 Å². The summed E-state index contributed by atoms with van der Waals surface area (Å²) >= 11 is -2.97. The summed E-state index contributed by atoms with van der Waals surface area (Å²) in [6.45, 7) is 10.6. The van der Waals surface area contributed by atoms with Crippen LogP contribution in [0.15, 0.2) is 36.4 Å². The number of nitrogens with one attached hydrogen (secondary N) is 5. The molecule has 5 amide bonds. The van der Waals surface area contributed by atoms with Gasteiger partial charge in [0.15, 0.2) is 0 Å². The third-order valence-corrected chi connectivity index (χ3v) is 8.88. The number of benzene rings is 2. The fourth-order valence-corrected chi connectivity index (χ4v) is 6.19. The standard InChI is InChI=1S/C39H56N6O14S/c1-22-32(47)43-27(35(50)55-9)19-23-10-12-29(56-16-14-40-36(51)58-38(2,3)4)25(18-23)26-20-24(11-13-30(26)57-17-15-41-37(52)59-39(5,6)7)31(33(48)42-22)45(8)34(49)28(21-46)44-60(53)54/h10-13,18,20,22,27-28,31,44,46H,14-17,19,21H2,1-9H3,(H,40,51)(H,41,52)(H,42,48)(H,43,47)(H,53,54)/p-1/t22-,27-,28-,31-/m0/s1. The fourth-order valence-electron chi connectivity index (χ4n) is 5.78. The predicted molar refractivity (Wildman–Crippen MR) is 215 cm³/mol. The summed E-state index contributed by atoms with van der Waals surface area (Å²) in [6, 6.07) is 3.69. The van der Waals surface area contributed by atoms with Gasteiger partial charge >= 0.3 is 18.2 Å². The molecule has 0 radical (unpaired) electrons. The Hall–Kier alpha value is -5.51. The van der Waals surface area contributed by atoms with Crippen LogP contribution in [0.2, 0.25) is 0 Å². The SMILES string of the molecule is COC(=O)[C@@H]1Cc2ccc(OCCNC(=O)OC(C)(C)C)c(c2)-c2cc(ccc2OCCNC(=O)OC(C)(C)C)[C@H](N(C)C(=O)[C@H](CO)NS(=O)[O-])C(=O)N[C@@H](C)C(=O)N1. The van der Waals surface area contributed by atoms with Crippen LogP contribution in [0.4, 0.5) is 9.59 Å². The van der Waals surface area contributed by atoms with Gasteiger partial charge in [0, 0.05) is 35.9 Å². The van der Waals surface area contributed by atoms with E-state index in [0.29, 0.717) is 16.7 Å². The largest absolute Gasteiger partial charge is 0.760 e. The van der Waals surface area contributed by atoms with Crippen molar-refractivity contribution < 1.29 is 66.3 Å². The summed E-state index contributed by atoms with van der Waals surface area (Å²) in [5.41, 5.74) is -0.188. The minimum Gasteiger partial charge on any atom is -0.760 e. The number of fused-ring (bicyclic) bond motifs is 5. The third kappa shape index (κ3) is 14.9. The predicted octanol–water partition coefficient (Wildman–Crippen LogP) is 1.12. The Morgan fingerprint density at radius 2 is 1.42 bits per heavy atom. The van der Waals surface area contributed by atoms with E-state index < -0.39 is 89.1 Å². The molecule has 20 nitrogen and oxygen atoms in total. The molecule has 0 saturated carbocycles. The van der Waals surface area contributed by atoms with E-state index in [9.17, 15) is 42.6 Å². The molecule has 0 aliphatic carbocycles. The molecule has 0 spiro atoms. The molecule has 1 heterocycles. The first-order valence-electron chi connectivity index (χ1n) is 18.9. The molecule has 4 bridgehead atoms. The average Bonchev–Trinajstić information content (AvgIpc) is 3.15. The molecule has 6 N–H and O–H groups in total. The molecule has 60 heavy (non-hydrogen) atoms. The summed E-state index contributed by atoms with van der Waals surface area (Å²) in [5.74, 6) is -2.98. The summed E-state index contributed by atoms with van der Waals surface area (Å²) in [6.07, 6.45) is -1.41. The first kappa shape index (κ1) is 48.9. The second-order valence-corrected chi connectivity index (χ2v) is 16.3. The average molecular weight is 864 g/mol. The summed E-state index contributed by atoms with van der Waals surface area (Å²) in [5, 5.41) is 20.3. The van der Waals surface area contributed by atoms with Gasteiger partial charge in [-0.2, -0.15) is 0 Å². The zero-order valence-corrected chi connectivity index (χ0v) is 35.9. The van der Waals surface area contributed by atoms with Gasteiger partial charge in [-0.05, 0) is 83.9 Å². The molecule has 1 aliphatic rings. The van der Waals surface area contributed by atoms with Crippen molar-refractivity contribution in [3.05, 3.63) is 47.5 Å². The lowest BCUT2D eigenvalue weighted by Gasteiger charge is -2.32. The highest BCUT2D eigenvalue weighted by Gasteiger charge is 2.36. The Bertz CT molecular complexity index is 1900. The number of rotatable bonds is 14. The van der Waals surface area contributed by atoms with Gasteiger partial charge in [-0.25, -0.2) is 19.1 Å².